The van der Waals surface area contributed by atoms with E-state index in [9.17, 15) is 5.11 Å². The molecule has 1 aliphatic carbocycles. The van der Waals surface area contributed by atoms with Crippen LogP contribution in [0.1, 0.15) is 57.4 Å². The first-order valence-electron chi connectivity index (χ1n) is 6.77. The summed E-state index contributed by atoms with van der Waals surface area (Å²) in [5, 5.41) is 13.6. The van der Waals surface area contributed by atoms with Crippen LogP contribution < -0.4 is 5.32 Å². The van der Waals surface area contributed by atoms with Gasteiger partial charge in [-0.15, -0.1) is 12.4 Å². The van der Waals surface area contributed by atoms with Gasteiger partial charge in [-0.2, -0.15) is 0 Å². The molecular weight excluding hydrogens is 246 g/mol. The molecule has 0 atom stereocenters. The normalized spacial score (nSPS) is 16.4. The monoisotopic (exact) mass is 269 g/mol. The molecule has 0 bridgehead atoms. The summed E-state index contributed by atoms with van der Waals surface area (Å²) < 4.78 is 0. The fourth-order valence-corrected chi connectivity index (χ4v) is 2.81. The third-order valence-corrected chi connectivity index (χ3v) is 3.54. The quantitative estimate of drug-likeness (QED) is 0.835. The zero-order valence-electron chi connectivity index (χ0n) is 11.3. The van der Waals surface area contributed by atoms with Crippen LogP contribution in [0.25, 0.3) is 0 Å². The minimum atomic E-state index is 0. The second-order valence-corrected chi connectivity index (χ2v) is 5.37. The van der Waals surface area contributed by atoms with Gasteiger partial charge in [0.15, 0.2) is 0 Å². The number of anilines is 1. The van der Waals surface area contributed by atoms with Gasteiger partial charge in [0.25, 0.3) is 0 Å². The van der Waals surface area contributed by atoms with Gasteiger partial charge in [-0.05, 0) is 44.7 Å². The highest BCUT2D eigenvalue weighted by Gasteiger charge is 2.21. The Labute approximate surface area is 116 Å². The molecule has 3 heteroatoms. The summed E-state index contributed by atoms with van der Waals surface area (Å²) in [5.41, 5.74) is 2.26. The first kappa shape index (κ1) is 15.2. The predicted molar refractivity (Wildman–Crippen MR) is 79.9 cm³/mol. The van der Waals surface area contributed by atoms with E-state index in [4.69, 9.17) is 0 Å². The molecule has 0 heterocycles. The molecule has 2 nitrogen and oxygen atoms in total. The smallest absolute Gasteiger partial charge is 0.121 e. The summed E-state index contributed by atoms with van der Waals surface area (Å²) in [6, 6.07) is 6.23. The Balaban J connectivity index is 0.00000162. The van der Waals surface area contributed by atoms with Crippen molar-refractivity contribution in [2.24, 2.45) is 0 Å². The lowest BCUT2D eigenvalue weighted by molar-refractivity contribution is 0.415. The molecule has 18 heavy (non-hydrogen) atoms. The third-order valence-electron chi connectivity index (χ3n) is 3.54. The maximum atomic E-state index is 10.1. The van der Waals surface area contributed by atoms with Crippen molar-refractivity contribution in [1.82, 2.24) is 0 Å². The topological polar surface area (TPSA) is 32.3 Å². The largest absolute Gasteiger partial charge is 0.508 e. The van der Waals surface area contributed by atoms with Crippen LogP contribution in [0.4, 0.5) is 5.69 Å². The molecule has 0 amide bonds. The van der Waals surface area contributed by atoms with Gasteiger partial charge in [0, 0.05) is 17.3 Å². The molecule has 1 fully saturated rings. The van der Waals surface area contributed by atoms with Crippen molar-refractivity contribution in [2.75, 3.05) is 5.32 Å². The highest BCUT2D eigenvalue weighted by Crippen LogP contribution is 2.41. The average Bonchev–Trinajstić information content (AvgIpc) is 2.29. The molecule has 1 saturated carbocycles. The second kappa shape index (κ2) is 6.89. The van der Waals surface area contributed by atoms with E-state index in [0.717, 1.165) is 11.3 Å². The number of benzene rings is 1. The molecule has 0 radical (unpaired) electrons. The number of phenols is 1. The fourth-order valence-electron chi connectivity index (χ4n) is 2.81. The first-order valence-corrected chi connectivity index (χ1v) is 6.77. The SMILES string of the molecule is CC(C)Nc1cccc(O)c1C1CCCCC1.Cl. The first-order chi connectivity index (χ1) is 8.18. The van der Waals surface area contributed by atoms with Gasteiger partial charge < -0.3 is 10.4 Å². The molecule has 0 aromatic heterocycles. The van der Waals surface area contributed by atoms with E-state index < -0.39 is 0 Å². The van der Waals surface area contributed by atoms with Crippen molar-refractivity contribution < 1.29 is 5.11 Å². The van der Waals surface area contributed by atoms with E-state index in [0.29, 0.717) is 17.7 Å². The van der Waals surface area contributed by atoms with Gasteiger partial charge in [-0.3, -0.25) is 0 Å². The van der Waals surface area contributed by atoms with Gasteiger partial charge in [-0.25, -0.2) is 0 Å². The van der Waals surface area contributed by atoms with Crippen molar-refractivity contribution >= 4 is 18.1 Å². The van der Waals surface area contributed by atoms with Crippen LogP contribution in [-0.2, 0) is 0 Å². The molecule has 2 N–H and O–H groups in total. The molecule has 0 saturated heterocycles. The highest BCUT2D eigenvalue weighted by molar-refractivity contribution is 5.85. The molecule has 2 rings (SSSR count). The lowest BCUT2D eigenvalue weighted by Gasteiger charge is -2.26. The van der Waals surface area contributed by atoms with Crippen LogP contribution in [-0.4, -0.2) is 11.1 Å². The van der Waals surface area contributed by atoms with E-state index in [2.05, 4.69) is 25.2 Å². The lowest BCUT2D eigenvalue weighted by Crippen LogP contribution is -2.14. The Morgan fingerprint density at radius 2 is 1.83 bits per heavy atom. The number of aromatic hydroxyl groups is 1. The van der Waals surface area contributed by atoms with E-state index in [-0.39, 0.29) is 12.4 Å². The van der Waals surface area contributed by atoms with Gasteiger partial charge in [0.1, 0.15) is 5.75 Å². The van der Waals surface area contributed by atoms with Crippen LogP contribution in [0.5, 0.6) is 5.75 Å². The summed E-state index contributed by atoms with van der Waals surface area (Å²) in [4.78, 5) is 0. The van der Waals surface area contributed by atoms with Crippen molar-refractivity contribution in [3.63, 3.8) is 0 Å². The van der Waals surface area contributed by atoms with Crippen LogP contribution >= 0.6 is 12.4 Å². The molecule has 0 unspecified atom stereocenters. The zero-order chi connectivity index (χ0) is 12.3. The number of halogens is 1. The van der Waals surface area contributed by atoms with Gasteiger partial charge in [0.05, 0.1) is 0 Å². The standard InChI is InChI=1S/C15H23NO.ClH/c1-11(2)16-13-9-6-10-14(17)15(13)12-7-4-3-5-8-12;/h6,9-12,16-17H,3-5,7-8H2,1-2H3;1H. The number of hydrogen-bond donors (Lipinski definition) is 2. The number of hydrogen-bond acceptors (Lipinski definition) is 2. The van der Waals surface area contributed by atoms with Crippen molar-refractivity contribution in [2.45, 2.75) is 57.9 Å². The van der Waals surface area contributed by atoms with Crippen LogP contribution in [0.2, 0.25) is 0 Å². The summed E-state index contributed by atoms with van der Waals surface area (Å²) in [7, 11) is 0. The van der Waals surface area contributed by atoms with Crippen molar-refractivity contribution in [3.05, 3.63) is 23.8 Å². The molecule has 1 aromatic carbocycles. The minimum Gasteiger partial charge on any atom is -0.508 e. The Hall–Kier alpha value is -0.890. The number of rotatable bonds is 3. The van der Waals surface area contributed by atoms with E-state index in [1.54, 1.807) is 0 Å². The molecule has 0 spiro atoms. The summed E-state index contributed by atoms with van der Waals surface area (Å²) in [6.07, 6.45) is 6.35. The Morgan fingerprint density at radius 1 is 1.17 bits per heavy atom. The third kappa shape index (κ3) is 3.55. The summed E-state index contributed by atoms with van der Waals surface area (Å²) >= 11 is 0. The van der Waals surface area contributed by atoms with Crippen LogP contribution in [0, 0.1) is 0 Å². The summed E-state index contributed by atoms with van der Waals surface area (Å²) in [5.74, 6) is 0.994. The van der Waals surface area contributed by atoms with Gasteiger partial charge >= 0.3 is 0 Å². The maximum Gasteiger partial charge on any atom is 0.121 e. The van der Waals surface area contributed by atoms with E-state index in [1.807, 2.05) is 12.1 Å². The summed E-state index contributed by atoms with van der Waals surface area (Å²) in [6.45, 7) is 4.27. The number of phenolic OH excluding ortho intramolecular Hbond substituents is 1. The van der Waals surface area contributed by atoms with E-state index in [1.165, 1.54) is 32.1 Å². The van der Waals surface area contributed by atoms with Crippen LogP contribution in [0.3, 0.4) is 0 Å². The Morgan fingerprint density at radius 3 is 2.44 bits per heavy atom. The molecule has 0 aliphatic heterocycles. The van der Waals surface area contributed by atoms with Gasteiger partial charge in [0.2, 0.25) is 0 Å². The maximum absolute atomic E-state index is 10.1. The zero-order valence-corrected chi connectivity index (χ0v) is 12.1. The highest BCUT2D eigenvalue weighted by atomic mass is 35.5. The second-order valence-electron chi connectivity index (χ2n) is 5.37. The predicted octanol–water partition coefficient (Wildman–Crippen LogP) is 4.68. The molecular formula is C15H24ClNO. The van der Waals surface area contributed by atoms with Crippen LogP contribution in [0.15, 0.2) is 18.2 Å². The Kier molecular flexibility index (Phi) is 5.80. The average molecular weight is 270 g/mol. The molecule has 1 aliphatic rings. The fraction of sp³-hybridized carbons (Fsp3) is 0.600. The van der Waals surface area contributed by atoms with E-state index >= 15 is 0 Å². The van der Waals surface area contributed by atoms with Gasteiger partial charge in [-0.1, -0.05) is 25.3 Å². The number of nitrogens with one attached hydrogen (secondary N) is 1. The molecule has 1 aromatic rings. The minimum absolute atomic E-state index is 0. The Bertz CT molecular complexity index is 373. The lowest BCUT2D eigenvalue weighted by atomic mass is 9.83. The van der Waals surface area contributed by atoms with Crippen molar-refractivity contribution in [3.8, 4) is 5.75 Å². The molecule has 102 valence electrons. The van der Waals surface area contributed by atoms with Crippen molar-refractivity contribution in [1.29, 1.82) is 0 Å².